The van der Waals surface area contributed by atoms with E-state index in [4.69, 9.17) is 16.9 Å². The minimum Gasteiger partial charge on any atom is -0.236 e. The summed E-state index contributed by atoms with van der Waals surface area (Å²) in [5, 5.41) is 13.9. The van der Waals surface area contributed by atoms with E-state index in [2.05, 4.69) is 27.1 Å². The van der Waals surface area contributed by atoms with Gasteiger partial charge in [0.1, 0.15) is 0 Å². The highest BCUT2D eigenvalue weighted by Gasteiger charge is 2.11. The molecule has 1 heterocycles. The molecular formula is C12H9BrClN3. The summed E-state index contributed by atoms with van der Waals surface area (Å²) in [6.07, 6.45) is 0. The quantitative estimate of drug-likeness (QED) is 0.804. The highest BCUT2D eigenvalue weighted by atomic mass is 79.9. The van der Waals surface area contributed by atoms with Gasteiger partial charge in [-0.3, -0.25) is 0 Å². The van der Waals surface area contributed by atoms with Crippen LogP contribution in [0.3, 0.4) is 0 Å². The molecule has 0 saturated heterocycles. The zero-order chi connectivity index (χ0) is 12.6. The van der Waals surface area contributed by atoms with Gasteiger partial charge < -0.3 is 0 Å². The molecule has 2 rings (SSSR count). The summed E-state index contributed by atoms with van der Waals surface area (Å²) in [5.74, 6) is 0. The Kier molecular flexibility index (Phi) is 3.23. The molecule has 3 nitrogen and oxygen atoms in total. The Labute approximate surface area is 113 Å². The Morgan fingerprint density at radius 3 is 2.59 bits per heavy atom. The zero-order valence-corrected chi connectivity index (χ0v) is 11.7. The van der Waals surface area contributed by atoms with Crippen LogP contribution in [0.25, 0.3) is 5.69 Å². The third-order valence-electron chi connectivity index (χ3n) is 2.46. The van der Waals surface area contributed by atoms with Gasteiger partial charge in [0.15, 0.2) is 0 Å². The van der Waals surface area contributed by atoms with Gasteiger partial charge in [-0.05, 0) is 32.0 Å². The molecule has 0 aliphatic heterocycles. The molecule has 17 heavy (non-hydrogen) atoms. The van der Waals surface area contributed by atoms with Crippen molar-refractivity contribution in [2.75, 3.05) is 0 Å². The lowest BCUT2D eigenvalue weighted by molar-refractivity contribution is 0.832. The number of aryl methyl sites for hydroxylation is 1. The van der Waals surface area contributed by atoms with Gasteiger partial charge in [-0.1, -0.05) is 27.5 Å². The molecule has 0 N–H and O–H groups in total. The molecule has 2 aromatic rings. The predicted octanol–water partition coefficient (Wildman–Crippen LogP) is 3.78. The minimum atomic E-state index is 0.582. The Hall–Kier alpha value is -1.31. The van der Waals surface area contributed by atoms with Gasteiger partial charge in [0.05, 0.1) is 33.7 Å². The number of nitrogens with zero attached hydrogens (tertiary/aromatic N) is 3. The van der Waals surface area contributed by atoms with Gasteiger partial charge >= 0.3 is 0 Å². The standard InChI is InChI=1S/C12H9BrClN3/c1-7-12(14)8(2)17(16-7)11-4-9(6-15)3-10(13)5-11/h3-5H,1-2H3. The average Bonchev–Trinajstić information content (AvgIpc) is 2.56. The highest BCUT2D eigenvalue weighted by Crippen LogP contribution is 2.24. The highest BCUT2D eigenvalue weighted by molar-refractivity contribution is 9.10. The van der Waals surface area contributed by atoms with Crippen LogP contribution in [0.1, 0.15) is 17.0 Å². The third kappa shape index (κ3) is 2.21. The number of rotatable bonds is 1. The first-order valence-corrected chi connectivity index (χ1v) is 6.13. The molecule has 0 atom stereocenters. The monoisotopic (exact) mass is 309 g/mol. The maximum Gasteiger partial charge on any atom is 0.0992 e. The second kappa shape index (κ2) is 4.52. The van der Waals surface area contributed by atoms with Gasteiger partial charge in [0.2, 0.25) is 0 Å². The number of halogens is 2. The van der Waals surface area contributed by atoms with Crippen molar-refractivity contribution in [3.63, 3.8) is 0 Å². The Balaban J connectivity index is 2.65. The molecule has 0 spiro atoms. The Morgan fingerprint density at radius 1 is 1.35 bits per heavy atom. The molecule has 0 bridgehead atoms. The van der Waals surface area contributed by atoms with Crippen LogP contribution in [-0.4, -0.2) is 9.78 Å². The van der Waals surface area contributed by atoms with Crippen molar-refractivity contribution in [1.82, 2.24) is 9.78 Å². The zero-order valence-electron chi connectivity index (χ0n) is 9.33. The van der Waals surface area contributed by atoms with E-state index < -0.39 is 0 Å². The summed E-state index contributed by atoms with van der Waals surface area (Å²) < 4.78 is 2.58. The van der Waals surface area contributed by atoms with Crippen LogP contribution < -0.4 is 0 Å². The smallest absolute Gasteiger partial charge is 0.0992 e. The number of hydrogen-bond acceptors (Lipinski definition) is 2. The van der Waals surface area contributed by atoms with Gasteiger partial charge in [0, 0.05) is 4.47 Å². The summed E-state index contributed by atoms with van der Waals surface area (Å²) in [4.78, 5) is 0. The average molecular weight is 311 g/mol. The second-order valence-electron chi connectivity index (χ2n) is 3.71. The molecule has 0 aliphatic rings. The fraction of sp³-hybridized carbons (Fsp3) is 0.167. The van der Waals surface area contributed by atoms with E-state index in [1.807, 2.05) is 19.9 Å². The molecule has 0 aliphatic carbocycles. The maximum atomic E-state index is 8.94. The topological polar surface area (TPSA) is 41.6 Å². The number of hydrogen-bond donors (Lipinski definition) is 0. The van der Waals surface area contributed by atoms with E-state index in [1.165, 1.54) is 0 Å². The molecule has 0 saturated carbocycles. The number of aromatic nitrogens is 2. The fourth-order valence-corrected chi connectivity index (χ4v) is 2.24. The first-order chi connectivity index (χ1) is 8.02. The third-order valence-corrected chi connectivity index (χ3v) is 3.46. The van der Waals surface area contributed by atoms with Gasteiger partial charge in [-0.2, -0.15) is 10.4 Å². The van der Waals surface area contributed by atoms with Crippen molar-refractivity contribution < 1.29 is 0 Å². The molecule has 1 aromatic heterocycles. The fourth-order valence-electron chi connectivity index (χ4n) is 1.64. The first kappa shape index (κ1) is 12.2. The molecule has 0 amide bonds. The van der Waals surface area contributed by atoms with Crippen LogP contribution in [0.5, 0.6) is 0 Å². The van der Waals surface area contributed by atoms with Gasteiger partial charge in [-0.15, -0.1) is 0 Å². The lowest BCUT2D eigenvalue weighted by atomic mass is 10.2. The van der Waals surface area contributed by atoms with Gasteiger partial charge in [0.25, 0.3) is 0 Å². The normalized spacial score (nSPS) is 10.3. The van der Waals surface area contributed by atoms with E-state index >= 15 is 0 Å². The van der Waals surface area contributed by atoms with E-state index in [0.717, 1.165) is 21.5 Å². The maximum absolute atomic E-state index is 8.94. The molecule has 0 unspecified atom stereocenters. The lowest BCUT2D eigenvalue weighted by Crippen LogP contribution is -1.99. The van der Waals surface area contributed by atoms with E-state index in [9.17, 15) is 0 Å². The van der Waals surface area contributed by atoms with E-state index in [-0.39, 0.29) is 0 Å². The van der Waals surface area contributed by atoms with E-state index in [0.29, 0.717) is 10.6 Å². The molecule has 5 heteroatoms. The first-order valence-electron chi connectivity index (χ1n) is 4.95. The Bertz CT molecular complexity index is 625. The molecule has 86 valence electrons. The predicted molar refractivity (Wildman–Crippen MR) is 70.5 cm³/mol. The summed E-state index contributed by atoms with van der Waals surface area (Å²) in [6, 6.07) is 7.55. The van der Waals surface area contributed by atoms with Crippen LogP contribution in [0.2, 0.25) is 5.02 Å². The van der Waals surface area contributed by atoms with Crippen molar-refractivity contribution in [3.8, 4) is 11.8 Å². The van der Waals surface area contributed by atoms with Crippen molar-refractivity contribution in [3.05, 3.63) is 44.6 Å². The second-order valence-corrected chi connectivity index (χ2v) is 5.00. The van der Waals surface area contributed by atoms with Crippen LogP contribution in [0.15, 0.2) is 22.7 Å². The molecule has 1 aromatic carbocycles. The van der Waals surface area contributed by atoms with Crippen molar-refractivity contribution >= 4 is 27.5 Å². The SMILES string of the molecule is Cc1nn(-c2cc(Br)cc(C#N)c2)c(C)c1Cl. The van der Waals surface area contributed by atoms with Crippen molar-refractivity contribution in [2.45, 2.75) is 13.8 Å². The van der Waals surface area contributed by atoms with Crippen LogP contribution in [0.4, 0.5) is 0 Å². The largest absolute Gasteiger partial charge is 0.236 e. The number of benzene rings is 1. The van der Waals surface area contributed by atoms with E-state index in [1.54, 1.807) is 16.8 Å². The van der Waals surface area contributed by atoms with Gasteiger partial charge in [-0.25, -0.2) is 4.68 Å². The van der Waals surface area contributed by atoms with Crippen molar-refractivity contribution in [2.24, 2.45) is 0 Å². The van der Waals surface area contributed by atoms with Crippen LogP contribution in [-0.2, 0) is 0 Å². The molecule has 0 fully saturated rings. The van der Waals surface area contributed by atoms with Crippen LogP contribution in [0, 0.1) is 25.2 Å². The lowest BCUT2D eigenvalue weighted by Gasteiger charge is -2.05. The minimum absolute atomic E-state index is 0.582. The number of nitriles is 1. The summed E-state index contributed by atoms with van der Waals surface area (Å²) in [7, 11) is 0. The Morgan fingerprint density at radius 2 is 2.06 bits per heavy atom. The van der Waals surface area contributed by atoms with Crippen molar-refractivity contribution in [1.29, 1.82) is 5.26 Å². The molecule has 0 radical (unpaired) electrons. The summed E-state index contributed by atoms with van der Waals surface area (Å²) in [5.41, 5.74) is 3.05. The summed E-state index contributed by atoms with van der Waals surface area (Å²) in [6.45, 7) is 3.75. The molecular weight excluding hydrogens is 302 g/mol. The van der Waals surface area contributed by atoms with Crippen LogP contribution >= 0.6 is 27.5 Å². The summed E-state index contributed by atoms with van der Waals surface area (Å²) >= 11 is 9.48.